The van der Waals surface area contributed by atoms with Crippen molar-refractivity contribution in [2.45, 2.75) is 26.7 Å². The average molecular weight is 381 g/mol. The fourth-order valence-electron chi connectivity index (χ4n) is 2.87. The quantitative estimate of drug-likeness (QED) is 0.563. The molecule has 1 amide bonds. The molecule has 3 N–H and O–H groups in total. The molecule has 144 valence electrons. The first kappa shape index (κ1) is 19.3. The zero-order valence-corrected chi connectivity index (χ0v) is 15.5. The molecule has 2 aromatic carbocycles. The van der Waals surface area contributed by atoms with Crippen LogP contribution in [0, 0.1) is 19.7 Å². The summed E-state index contributed by atoms with van der Waals surface area (Å²) in [7, 11) is 0. The minimum absolute atomic E-state index is 0.106. The summed E-state index contributed by atoms with van der Waals surface area (Å²) >= 11 is 0. The van der Waals surface area contributed by atoms with Gasteiger partial charge in [-0.1, -0.05) is 12.1 Å². The Hall–Kier alpha value is -3.48. The third-order valence-corrected chi connectivity index (χ3v) is 4.49. The number of carbonyl (C=O) groups excluding carboxylic acids is 1. The van der Waals surface area contributed by atoms with Crippen molar-refractivity contribution in [3.05, 3.63) is 64.6 Å². The van der Waals surface area contributed by atoms with Crippen LogP contribution in [0.2, 0.25) is 0 Å². The number of fused-ring (bicyclic) bond motifs is 1. The normalized spacial score (nSPS) is 11.2. The molecule has 0 atom stereocenters. The summed E-state index contributed by atoms with van der Waals surface area (Å²) in [5.74, 6) is -1.85. The van der Waals surface area contributed by atoms with E-state index in [1.54, 1.807) is 19.1 Å². The minimum atomic E-state index is -0.960. The summed E-state index contributed by atoms with van der Waals surface area (Å²) < 4.78 is 14.1. The van der Waals surface area contributed by atoms with Crippen LogP contribution >= 0.6 is 0 Å². The van der Waals surface area contributed by atoms with Crippen LogP contribution in [0.5, 0.6) is 0 Å². The zero-order chi connectivity index (χ0) is 20.3. The highest BCUT2D eigenvalue weighted by Crippen LogP contribution is 2.22. The predicted octanol–water partition coefficient (Wildman–Crippen LogP) is 3.99. The molecule has 0 radical (unpaired) electrons. The number of aliphatic carboxylic acids is 1. The summed E-state index contributed by atoms with van der Waals surface area (Å²) in [4.78, 5) is 23.0. The first-order valence-electron chi connectivity index (χ1n) is 8.78. The maximum atomic E-state index is 14.1. The number of nitrogens with one attached hydrogen (secondary N) is 2. The van der Waals surface area contributed by atoms with Crippen molar-refractivity contribution in [2.75, 3.05) is 5.32 Å². The zero-order valence-electron chi connectivity index (χ0n) is 15.5. The van der Waals surface area contributed by atoms with Crippen LogP contribution in [0.4, 0.5) is 10.1 Å². The van der Waals surface area contributed by atoms with Gasteiger partial charge in [-0.05, 0) is 55.7 Å². The number of aromatic nitrogens is 2. The molecule has 0 spiro atoms. The molecule has 7 heteroatoms. The molecule has 0 saturated carbocycles. The average Bonchev–Trinajstić information content (AvgIpc) is 3.02. The largest absolute Gasteiger partial charge is 0.481 e. The Morgan fingerprint density at radius 1 is 1.25 bits per heavy atom. The van der Waals surface area contributed by atoms with E-state index in [-0.39, 0.29) is 12.8 Å². The number of carbonyl (C=O) groups is 2. The third-order valence-electron chi connectivity index (χ3n) is 4.49. The number of rotatable bonds is 6. The number of carboxylic acids is 1. The molecule has 28 heavy (non-hydrogen) atoms. The molecule has 0 bridgehead atoms. The van der Waals surface area contributed by atoms with Gasteiger partial charge in [0, 0.05) is 34.8 Å². The van der Waals surface area contributed by atoms with Crippen LogP contribution in [0.3, 0.4) is 0 Å². The number of nitrogens with zero attached hydrogens (tertiary/aromatic N) is 1. The molecule has 0 aliphatic heterocycles. The molecular weight excluding hydrogens is 361 g/mol. The Kier molecular flexibility index (Phi) is 5.54. The Balaban J connectivity index is 1.74. The van der Waals surface area contributed by atoms with Gasteiger partial charge in [0.1, 0.15) is 5.82 Å². The minimum Gasteiger partial charge on any atom is -0.481 e. The first-order chi connectivity index (χ1) is 13.3. The molecule has 0 fully saturated rings. The van der Waals surface area contributed by atoms with E-state index in [1.807, 2.05) is 25.1 Å². The molecule has 0 aliphatic carbocycles. The van der Waals surface area contributed by atoms with Crippen LogP contribution in [0.1, 0.15) is 28.8 Å². The number of aryl methyl sites for hydroxylation is 2. The maximum Gasteiger partial charge on any atom is 0.303 e. The van der Waals surface area contributed by atoms with Crippen molar-refractivity contribution in [3.63, 3.8) is 0 Å². The molecule has 0 aliphatic rings. The van der Waals surface area contributed by atoms with Crippen LogP contribution in [-0.4, -0.2) is 27.2 Å². The molecule has 1 aromatic heterocycles. The smallest absolute Gasteiger partial charge is 0.303 e. The van der Waals surface area contributed by atoms with Crippen LogP contribution in [0.25, 0.3) is 17.0 Å². The summed E-state index contributed by atoms with van der Waals surface area (Å²) in [6, 6.07) is 8.57. The fourth-order valence-corrected chi connectivity index (χ4v) is 2.87. The number of aromatic amines is 1. The highest BCUT2D eigenvalue weighted by atomic mass is 19.1. The highest BCUT2D eigenvalue weighted by molar-refractivity contribution is 6.02. The van der Waals surface area contributed by atoms with E-state index < -0.39 is 17.7 Å². The van der Waals surface area contributed by atoms with Crippen molar-refractivity contribution in [1.82, 2.24) is 10.2 Å². The standard InChI is InChI=1S/C21H20FN3O3/c1-12-17(22)9-15(5-8-21(27)28)11-18(12)23-20(26)7-4-14-3-6-16-13(2)24-25-19(16)10-14/h3-4,6-7,9-11H,5,8H2,1-2H3,(H,23,26)(H,24,25)(H,27,28). The number of halogens is 1. The second-order valence-electron chi connectivity index (χ2n) is 6.59. The summed E-state index contributed by atoms with van der Waals surface area (Å²) in [5, 5.41) is 19.6. The van der Waals surface area contributed by atoms with E-state index in [4.69, 9.17) is 5.11 Å². The van der Waals surface area contributed by atoms with Crippen molar-refractivity contribution < 1.29 is 19.1 Å². The number of carboxylic acid groups (broad SMARTS) is 1. The molecule has 6 nitrogen and oxygen atoms in total. The van der Waals surface area contributed by atoms with Crippen LogP contribution < -0.4 is 5.32 Å². The molecule has 0 saturated heterocycles. The van der Waals surface area contributed by atoms with Crippen molar-refractivity contribution in [3.8, 4) is 0 Å². The monoisotopic (exact) mass is 381 g/mol. The van der Waals surface area contributed by atoms with Gasteiger partial charge >= 0.3 is 5.97 Å². The van der Waals surface area contributed by atoms with Gasteiger partial charge in [0.15, 0.2) is 0 Å². The van der Waals surface area contributed by atoms with E-state index in [9.17, 15) is 14.0 Å². The molecule has 3 aromatic rings. The Morgan fingerprint density at radius 2 is 2.04 bits per heavy atom. The van der Waals surface area contributed by atoms with E-state index >= 15 is 0 Å². The number of hydrogen-bond donors (Lipinski definition) is 3. The second kappa shape index (κ2) is 8.04. The van der Waals surface area contributed by atoms with Gasteiger partial charge in [0.25, 0.3) is 0 Å². The molecular formula is C21H20FN3O3. The van der Waals surface area contributed by atoms with Gasteiger partial charge in [-0.25, -0.2) is 4.39 Å². The van der Waals surface area contributed by atoms with Gasteiger partial charge in [-0.2, -0.15) is 5.10 Å². The Morgan fingerprint density at radius 3 is 2.79 bits per heavy atom. The van der Waals surface area contributed by atoms with Gasteiger partial charge in [-0.3, -0.25) is 14.7 Å². The fraction of sp³-hybridized carbons (Fsp3) is 0.190. The van der Waals surface area contributed by atoms with Crippen molar-refractivity contribution in [2.24, 2.45) is 0 Å². The number of hydrogen-bond acceptors (Lipinski definition) is 3. The summed E-state index contributed by atoms with van der Waals surface area (Å²) in [6.45, 7) is 3.49. The molecule has 3 rings (SSSR count). The van der Waals surface area contributed by atoms with E-state index in [2.05, 4.69) is 15.5 Å². The maximum absolute atomic E-state index is 14.1. The molecule has 1 heterocycles. The van der Waals surface area contributed by atoms with Crippen LogP contribution in [-0.2, 0) is 16.0 Å². The van der Waals surface area contributed by atoms with Crippen LogP contribution in [0.15, 0.2) is 36.4 Å². The van der Waals surface area contributed by atoms with E-state index in [1.165, 1.54) is 12.1 Å². The first-order valence-corrected chi connectivity index (χ1v) is 8.78. The lowest BCUT2D eigenvalue weighted by Crippen LogP contribution is -2.10. The Bertz CT molecular complexity index is 1090. The number of amides is 1. The van der Waals surface area contributed by atoms with Crippen molar-refractivity contribution in [1.29, 1.82) is 0 Å². The predicted molar refractivity (Wildman–Crippen MR) is 106 cm³/mol. The van der Waals surface area contributed by atoms with Gasteiger partial charge in [0.05, 0.1) is 5.52 Å². The Labute approximate surface area is 161 Å². The SMILES string of the molecule is Cc1c(F)cc(CCC(=O)O)cc1NC(=O)C=Cc1ccc2c(C)[nH]nc2c1. The topological polar surface area (TPSA) is 95.1 Å². The summed E-state index contributed by atoms with van der Waals surface area (Å²) in [6.07, 6.45) is 3.10. The number of benzene rings is 2. The molecule has 0 unspecified atom stereocenters. The lowest BCUT2D eigenvalue weighted by molar-refractivity contribution is -0.137. The summed E-state index contributed by atoms with van der Waals surface area (Å²) in [5.41, 5.74) is 3.74. The lowest BCUT2D eigenvalue weighted by Gasteiger charge is -2.10. The van der Waals surface area contributed by atoms with E-state index in [0.717, 1.165) is 22.2 Å². The van der Waals surface area contributed by atoms with Gasteiger partial charge in [0.2, 0.25) is 5.91 Å². The number of H-pyrrole nitrogens is 1. The lowest BCUT2D eigenvalue weighted by atomic mass is 10.0. The van der Waals surface area contributed by atoms with Gasteiger partial charge < -0.3 is 10.4 Å². The third kappa shape index (κ3) is 4.43. The van der Waals surface area contributed by atoms with Gasteiger partial charge in [-0.15, -0.1) is 0 Å². The second-order valence-corrected chi connectivity index (χ2v) is 6.59. The highest BCUT2D eigenvalue weighted by Gasteiger charge is 2.10. The number of anilines is 1. The van der Waals surface area contributed by atoms with E-state index in [0.29, 0.717) is 16.8 Å². The van der Waals surface area contributed by atoms with Crippen molar-refractivity contribution >= 4 is 34.5 Å².